The zero-order valence-corrected chi connectivity index (χ0v) is 14.1. The van der Waals surface area contributed by atoms with Crippen molar-refractivity contribution in [1.29, 1.82) is 0 Å². The number of rotatable bonds is 5. The summed E-state index contributed by atoms with van der Waals surface area (Å²) >= 11 is 0. The average Bonchev–Trinajstić information content (AvgIpc) is 3.06. The molecule has 0 aliphatic rings. The Bertz CT molecular complexity index is 902. The van der Waals surface area contributed by atoms with Gasteiger partial charge in [-0.15, -0.1) is 0 Å². The van der Waals surface area contributed by atoms with E-state index < -0.39 is 5.91 Å². The van der Waals surface area contributed by atoms with Crippen LogP contribution in [0.2, 0.25) is 0 Å². The minimum absolute atomic E-state index is 0.142. The van der Waals surface area contributed by atoms with Crippen molar-refractivity contribution in [2.45, 2.75) is 19.9 Å². The lowest BCUT2D eigenvalue weighted by Gasteiger charge is -2.11. The number of fused-ring (bicyclic) bond motifs is 1. The van der Waals surface area contributed by atoms with E-state index >= 15 is 0 Å². The smallest absolute Gasteiger partial charge is 0.271 e. The lowest BCUT2D eigenvalue weighted by atomic mass is 10.2. The van der Waals surface area contributed by atoms with Gasteiger partial charge in [0.1, 0.15) is 5.69 Å². The molecule has 128 valence electrons. The van der Waals surface area contributed by atoms with Crippen molar-refractivity contribution < 1.29 is 9.59 Å². The molecule has 1 aromatic carbocycles. The number of benzene rings is 1. The van der Waals surface area contributed by atoms with Gasteiger partial charge in [-0.05, 0) is 32.0 Å². The van der Waals surface area contributed by atoms with E-state index in [1.807, 2.05) is 30.5 Å². The highest BCUT2D eigenvalue weighted by Crippen LogP contribution is 2.26. The second-order valence-electron chi connectivity index (χ2n) is 5.88. The molecule has 0 aliphatic heterocycles. The zero-order valence-electron chi connectivity index (χ0n) is 14.1. The van der Waals surface area contributed by atoms with Gasteiger partial charge in [0.25, 0.3) is 5.91 Å². The minimum Gasteiger partial charge on any atom is -0.345 e. The Morgan fingerprint density at radius 3 is 2.76 bits per heavy atom. The topological polar surface area (TPSA) is 88.9 Å². The Hall–Kier alpha value is -3.22. The van der Waals surface area contributed by atoms with Crippen molar-refractivity contribution in [2.75, 3.05) is 11.9 Å². The van der Waals surface area contributed by atoms with Gasteiger partial charge in [0.05, 0.1) is 23.9 Å². The van der Waals surface area contributed by atoms with Gasteiger partial charge in [0.2, 0.25) is 5.91 Å². The van der Waals surface area contributed by atoms with Crippen LogP contribution in [0.1, 0.15) is 30.4 Å². The molecule has 2 aromatic heterocycles. The number of anilines is 1. The summed E-state index contributed by atoms with van der Waals surface area (Å²) in [5.74, 6) is -0.741. The van der Waals surface area contributed by atoms with Crippen molar-refractivity contribution >= 4 is 28.4 Å². The van der Waals surface area contributed by atoms with Gasteiger partial charge < -0.3 is 15.2 Å². The maximum atomic E-state index is 12.2. The largest absolute Gasteiger partial charge is 0.345 e. The zero-order chi connectivity index (χ0) is 17.8. The van der Waals surface area contributed by atoms with E-state index in [0.717, 1.165) is 16.6 Å². The van der Waals surface area contributed by atoms with E-state index in [1.165, 1.54) is 18.6 Å². The van der Waals surface area contributed by atoms with Crippen LogP contribution in [0.5, 0.6) is 0 Å². The highest BCUT2D eigenvalue weighted by atomic mass is 16.2. The third-order valence-corrected chi connectivity index (χ3v) is 3.80. The molecule has 2 heterocycles. The van der Waals surface area contributed by atoms with Gasteiger partial charge in [0.15, 0.2) is 0 Å². The maximum absolute atomic E-state index is 12.2. The molecule has 3 rings (SSSR count). The molecule has 0 atom stereocenters. The van der Waals surface area contributed by atoms with Crippen molar-refractivity contribution in [3.05, 3.63) is 54.7 Å². The van der Waals surface area contributed by atoms with Gasteiger partial charge in [-0.25, -0.2) is 4.98 Å². The summed E-state index contributed by atoms with van der Waals surface area (Å²) in [7, 11) is 0. The van der Waals surface area contributed by atoms with Crippen LogP contribution in [0, 0.1) is 0 Å². The van der Waals surface area contributed by atoms with Crippen molar-refractivity contribution in [3.63, 3.8) is 0 Å². The van der Waals surface area contributed by atoms with Crippen LogP contribution in [-0.4, -0.2) is 32.9 Å². The van der Waals surface area contributed by atoms with Crippen LogP contribution < -0.4 is 10.6 Å². The number of carbonyl (C=O) groups excluding carboxylic acids is 2. The van der Waals surface area contributed by atoms with E-state index in [4.69, 9.17) is 0 Å². The van der Waals surface area contributed by atoms with E-state index in [2.05, 4.69) is 39.0 Å². The van der Waals surface area contributed by atoms with Gasteiger partial charge >= 0.3 is 0 Å². The number of nitrogens with zero attached hydrogens (tertiary/aromatic N) is 3. The molecule has 2 N–H and O–H groups in total. The Morgan fingerprint density at radius 1 is 1.20 bits per heavy atom. The molecule has 7 nitrogen and oxygen atoms in total. The fourth-order valence-corrected chi connectivity index (χ4v) is 2.61. The van der Waals surface area contributed by atoms with Gasteiger partial charge in [-0.3, -0.25) is 14.6 Å². The van der Waals surface area contributed by atoms with Gasteiger partial charge in [-0.1, -0.05) is 6.07 Å². The summed E-state index contributed by atoms with van der Waals surface area (Å²) in [4.78, 5) is 31.8. The first-order valence-corrected chi connectivity index (χ1v) is 8.00. The predicted molar refractivity (Wildman–Crippen MR) is 95.3 cm³/mol. The fraction of sp³-hybridized carbons (Fsp3) is 0.222. The van der Waals surface area contributed by atoms with Crippen LogP contribution in [0.3, 0.4) is 0 Å². The molecular formula is C18H19N5O2. The number of amides is 2. The van der Waals surface area contributed by atoms with Crippen molar-refractivity contribution in [3.8, 4) is 0 Å². The molecule has 0 radical (unpaired) electrons. The molecule has 7 heteroatoms. The molecule has 0 fully saturated rings. The highest BCUT2D eigenvalue weighted by molar-refractivity contribution is 6.03. The molecule has 25 heavy (non-hydrogen) atoms. The fourth-order valence-electron chi connectivity index (χ4n) is 2.61. The monoisotopic (exact) mass is 337 g/mol. The molecule has 0 aliphatic carbocycles. The standard InChI is InChI=1S/C18H19N5O2/c1-12(2)23-9-6-13-14(4-3-5-16(13)23)22-17(24)11-21-18(25)15-10-19-7-8-20-15/h3-10,12H,11H2,1-2H3,(H,21,25)(H,22,24). The summed E-state index contributed by atoms with van der Waals surface area (Å²) in [6.45, 7) is 4.07. The van der Waals surface area contributed by atoms with E-state index in [1.54, 1.807) is 0 Å². The Kier molecular flexibility index (Phi) is 4.74. The van der Waals surface area contributed by atoms with Gasteiger partial charge in [0, 0.05) is 30.0 Å². The normalized spacial score (nSPS) is 10.8. The number of carbonyl (C=O) groups is 2. The SMILES string of the molecule is CC(C)n1ccc2c(NC(=O)CNC(=O)c3cnccn3)cccc21. The first-order chi connectivity index (χ1) is 12.1. The van der Waals surface area contributed by atoms with Crippen LogP contribution >= 0.6 is 0 Å². The Balaban J connectivity index is 1.67. The molecule has 0 saturated carbocycles. The maximum Gasteiger partial charge on any atom is 0.271 e. The van der Waals surface area contributed by atoms with Gasteiger partial charge in [-0.2, -0.15) is 0 Å². The molecule has 0 unspecified atom stereocenters. The third-order valence-electron chi connectivity index (χ3n) is 3.80. The van der Waals surface area contributed by atoms with E-state index in [0.29, 0.717) is 6.04 Å². The lowest BCUT2D eigenvalue weighted by Crippen LogP contribution is -2.33. The number of nitrogens with one attached hydrogen (secondary N) is 2. The molecule has 0 saturated heterocycles. The quantitative estimate of drug-likeness (QED) is 0.748. The van der Waals surface area contributed by atoms with Crippen LogP contribution in [-0.2, 0) is 4.79 Å². The van der Waals surface area contributed by atoms with Crippen molar-refractivity contribution in [1.82, 2.24) is 19.9 Å². The second-order valence-corrected chi connectivity index (χ2v) is 5.88. The predicted octanol–water partition coefficient (Wildman–Crippen LogP) is 2.38. The molecular weight excluding hydrogens is 318 g/mol. The summed E-state index contributed by atoms with van der Waals surface area (Å²) in [6, 6.07) is 8.06. The van der Waals surface area contributed by atoms with Crippen LogP contribution in [0.15, 0.2) is 49.1 Å². The van der Waals surface area contributed by atoms with Crippen LogP contribution in [0.25, 0.3) is 10.9 Å². The first kappa shape index (κ1) is 16.6. The molecule has 0 bridgehead atoms. The Morgan fingerprint density at radius 2 is 2.04 bits per heavy atom. The minimum atomic E-state index is -0.438. The first-order valence-electron chi connectivity index (χ1n) is 8.00. The molecule has 0 spiro atoms. The lowest BCUT2D eigenvalue weighted by molar-refractivity contribution is -0.115. The van der Waals surface area contributed by atoms with E-state index in [9.17, 15) is 9.59 Å². The molecule has 2 amide bonds. The highest BCUT2D eigenvalue weighted by Gasteiger charge is 2.12. The summed E-state index contributed by atoms with van der Waals surface area (Å²) in [6.07, 6.45) is 6.26. The van der Waals surface area contributed by atoms with Crippen LogP contribution in [0.4, 0.5) is 5.69 Å². The van der Waals surface area contributed by atoms with E-state index in [-0.39, 0.29) is 18.1 Å². The number of hydrogen-bond donors (Lipinski definition) is 2. The second kappa shape index (κ2) is 7.12. The van der Waals surface area contributed by atoms with Crippen molar-refractivity contribution in [2.24, 2.45) is 0 Å². The third kappa shape index (κ3) is 3.65. The summed E-state index contributed by atoms with van der Waals surface area (Å²) in [5, 5.41) is 6.34. The average molecular weight is 337 g/mol. The number of hydrogen-bond acceptors (Lipinski definition) is 4. The summed E-state index contributed by atoms with van der Waals surface area (Å²) in [5.41, 5.74) is 1.94. The molecule has 3 aromatic rings. The Labute approximate surface area is 145 Å². The number of aromatic nitrogens is 3. The summed E-state index contributed by atoms with van der Waals surface area (Å²) < 4.78 is 2.14.